The van der Waals surface area contributed by atoms with Crippen LogP contribution in [-0.2, 0) is 4.79 Å². The number of hydrogen-bond acceptors (Lipinski definition) is 7. The van der Waals surface area contributed by atoms with E-state index in [4.69, 9.17) is 4.74 Å². The van der Waals surface area contributed by atoms with Crippen LogP contribution in [0.4, 0.5) is 19.0 Å². The summed E-state index contributed by atoms with van der Waals surface area (Å²) in [4.78, 5) is 25.2. The van der Waals surface area contributed by atoms with Gasteiger partial charge in [0.2, 0.25) is 5.88 Å². The predicted octanol–water partition coefficient (Wildman–Crippen LogP) is 3.54. The molecule has 0 aliphatic carbocycles. The van der Waals surface area contributed by atoms with Crippen LogP contribution < -0.4 is 10.1 Å². The van der Waals surface area contributed by atoms with Gasteiger partial charge < -0.3 is 15.0 Å². The number of rotatable bonds is 4. The number of pyridine rings is 1. The topological polar surface area (TPSA) is 104 Å². The van der Waals surface area contributed by atoms with Crippen LogP contribution >= 0.6 is 0 Å². The third kappa shape index (κ3) is 4.64. The molecule has 1 atom stereocenters. The first kappa shape index (κ1) is 22.3. The molecule has 3 aromatic rings. The van der Waals surface area contributed by atoms with Gasteiger partial charge in [0.05, 0.1) is 12.6 Å². The molecule has 1 fully saturated rings. The van der Waals surface area contributed by atoms with Gasteiger partial charge in [0, 0.05) is 36.3 Å². The van der Waals surface area contributed by atoms with Crippen molar-refractivity contribution in [3.05, 3.63) is 42.4 Å². The average molecular weight is 456 g/mol. The molecule has 3 heterocycles. The smallest absolute Gasteiger partial charge is 0.471 e. The van der Waals surface area contributed by atoms with Crippen molar-refractivity contribution in [2.75, 3.05) is 25.5 Å². The number of hydrogen-bond donors (Lipinski definition) is 1. The summed E-state index contributed by atoms with van der Waals surface area (Å²) in [5.41, 5.74) is 2.36. The van der Waals surface area contributed by atoms with Crippen molar-refractivity contribution in [1.29, 1.82) is 5.26 Å². The van der Waals surface area contributed by atoms with E-state index in [0.717, 1.165) is 10.5 Å². The fourth-order valence-corrected chi connectivity index (χ4v) is 3.86. The number of aromatic nitrogens is 3. The van der Waals surface area contributed by atoms with E-state index in [2.05, 4.69) is 20.3 Å². The van der Waals surface area contributed by atoms with Gasteiger partial charge in [0.1, 0.15) is 23.8 Å². The molecule has 4 rings (SSSR count). The first-order valence-electron chi connectivity index (χ1n) is 10.1. The maximum atomic E-state index is 12.8. The van der Waals surface area contributed by atoms with Crippen LogP contribution in [-0.4, -0.2) is 58.2 Å². The Morgan fingerprint density at radius 2 is 2.06 bits per heavy atom. The number of nitriles is 1. The number of ether oxygens (including phenoxy) is 1. The summed E-state index contributed by atoms with van der Waals surface area (Å²) in [7, 11) is 1.43. The van der Waals surface area contributed by atoms with Gasteiger partial charge in [-0.25, -0.2) is 15.0 Å². The van der Waals surface area contributed by atoms with Gasteiger partial charge in [-0.2, -0.15) is 18.4 Å². The number of amides is 1. The Labute approximate surface area is 187 Å². The maximum absolute atomic E-state index is 12.8. The number of alkyl halides is 3. The van der Waals surface area contributed by atoms with E-state index in [1.807, 2.05) is 18.2 Å². The Bertz CT molecular complexity index is 1240. The molecule has 1 N–H and O–H groups in total. The lowest BCUT2D eigenvalue weighted by molar-refractivity contribution is -0.186. The molecule has 2 aromatic heterocycles. The van der Waals surface area contributed by atoms with Crippen LogP contribution in [0.15, 0.2) is 36.8 Å². The van der Waals surface area contributed by atoms with Gasteiger partial charge in [-0.05, 0) is 36.6 Å². The second-order valence-corrected chi connectivity index (χ2v) is 7.58. The van der Waals surface area contributed by atoms with Crippen LogP contribution in [0.2, 0.25) is 0 Å². The zero-order chi connectivity index (χ0) is 23.6. The second kappa shape index (κ2) is 8.90. The Morgan fingerprint density at radius 1 is 1.24 bits per heavy atom. The van der Waals surface area contributed by atoms with E-state index in [0.29, 0.717) is 35.1 Å². The Hall–Kier alpha value is -3.94. The second-order valence-electron chi connectivity index (χ2n) is 7.58. The summed E-state index contributed by atoms with van der Waals surface area (Å²) in [5, 5.41) is 13.2. The molecular weight excluding hydrogens is 437 g/mol. The van der Waals surface area contributed by atoms with E-state index in [1.54, 1.807) is 18.3 Å². The largest absolute Gasteiger partial charge is 0.480 e. The van der Waals surface area contributed by atoms with E-state index >= 15 is 0 Å². The highest BCUT2D eigenvalue weighted by atomic mass is 19.4. The molecular formula is C22H19F3N6O2. The molecule has 1 amide bonds. The number of methoxy groups -OCH3 is 1. The Balaban J connectivity index is 1.63. The van der Waals surface area contributed by atoms with Crippen molar-refractivity contribution >= 4 is 22.6 Å². The molecule has 0 radical (unpaired) electrons. The maximum Gasteiger partial charge on any atom is 0.471 e. The molecule has 1 aliphatic rings. The lowest BCUT2D eigenvalue weighted by Gasteiger charge is -2.33. The van der Waals surface area contributed by atoms with Gasteiger partial charge in [-0.15, -0.1) is 0 Å². The fourth-order valence-electron chi connectivity index (χ4n) is 3.86. The average Bonchev–Trinajstić information content (AvgIpc) is 2.82. The van der Waals surface area contributed by atoms with Crippen LogP contribution in [0.25, 0.3) is 22.0 Å². The van der Waals surface area contributed by atoms with Crippen LogP contribution in [0.3, 0.4) is 0 Å². The highest BCUT2D eigenvalue weighted by molar-refractivity contribution is 5.92. The lowest BCUT2D eigenvalue weighted by atomic mass is 10.0. The molecule has 0 bridgehead atoms. The molecule has 8 nitrogen and oxygen atoms in total. The third-order valence-corrected chi connectivity index (χ3v) is 5.43. The van der Waals surface area contributed by atoms with E-state index < -0.39 is 12.1 Å². The predicted molar refractivity (Wildman–Crippen MR) is 113 cm³/mol. The van der Waals surface area contributed by atoms with Crippen molar-refractivity contribution < 1.29 is 22.7 Å². The number of likely N-dealkylation sites (tertiary alicyclic amines) is 1. The zero-order valence-electron chi connectivity index (χ0n) is 17.6. The molecule has 33 heavy (non-hydrogen) atoms. The van der Waals surface area contributed by atoms with Gasteiger partial charge in [-0.1, -0.05) is 6.07 Å². The minimum Gasteiger partial charge on any atom is -0.480 e. The highest BCUT2D eigenvalue weighted by Gasteiger charge is 2.43. The Morgan fingerprint density at radius 3 is 2.79 bits per heavy atom. The van der Waals surface area contributed by atoms with Gasteiger partial charge in [-0.3, -0.25) is 4.79 Å². The Kier molecular flexibility index (Phi) is 6.00. The summed E-state index contributed by atoms with van der Waals surface area (Å²) >= 11 is 0. The van der Waals surface area contributed by atoms with Crippen molar-refractivity contribution in [3.63, 3.8) is 0 Å². The third-order valence-electron chi connectivity index (χ3n) is 5.43. The standard InChI is InChI=1S/C22H19F3N6O2/c1-33-20-14(9-26)7-15(10-27-20)13-4-5-18-17(8-13)19(29-12-28-18)30-16-3-2-6-31(11-16)21(32)22(23,24)25/h4-5,7-8,10,12,16H,2-3,6,11H2,1H3,(H,28,29,30)/t16-/m0/s1. The number of benzene rings is 1. The molecule has 11 heteroatoms. The summed E-state index contributed by atoms with van der Waals surface area (Å²) in [5.74, 6) is -1.15. The first-order chi connectivity index (χ1) is 15.8. The first-order valence-corrected chi connectivity index (χ1v) is 10.1. The number of carbonyl (C=O) groups is 1. The number of nitrogens with zero attached hydrogens (tertiary/aromatic N) is 5. The molecule has 1 aliphatic heterocycles. The van der Waals surface area contributed by atoms with E-state index in [1.165, 1.54) is 13.4 Å². The van der Waals surface area contributed by atoms with Gasteiger partial charge >= 0.3 is 12.1 Å². The van der Waals surface area contributed by atoms with E-state index in [-0.39, 0.29) is 30.6 Å². The SMILES string of the molecule is COc1ncc(-c2ccc3ncnc(N[C@H]4CCCN(C(=O)C(F)(F)F)C4)c3c2)cc1C#N. The molecule has 1 saturated heterocycles. The number of halogens is 3. The molecule has 1 aromatic carbocycles. The van der Waals surface area contributed by atoms with Crippen molar-refractivity contribution in [1.82, 2.24) is 19.9 Å². The van der Waals surface area contributed by atoms with E-state index in [9.17, 15) is 23.2 Å². The quantitative estimate of drug-likeness (QED) is 0.640. The van der Waals surface area contributed by atoms with Crippen LogP contribution in [0.1, 0.15) is 18.4 Å². The number of fused-ring (bicyclic) bond motifs is 1. The highest BCUT2D eigenvalue weighted by Crippen LogP contribution is 2.30. The number of nitrogens with one attached hydrogen (secondary N) is 1. The normalized spacial score (nSPS) is 16.3. The molecule has 0 unspecified atom stereocenters. The van der Waals surface area contributed by atoms with Gasteiger partial charge in [0.25, 0.3) is 0 Å². The number of anilines is 1. The van der Waals surface area contributed by atoms with Crippen molar-refractivity contribution in [2.24, 2.45) is 0 Å². The molecule has 0 spiro atoms. The number of carbonyl (C=O) groups excluding carboxylic acids is 1. The van der Waals surface area contributed by atoms with Crippen LogP contribution in [0.5, 0.6) is 5.88 Å². The monoisotopic (exact) mass is 456 g/mol. The van der Waals surface area contributed by atoms with Crippen molar-refractivity contribution in [2.45, 2.75) is 25.1 Å². The van der Waals surface area contributed by atoms with Crippen LogP contribution in [0, 0.1) is 11.3 Å². The summed E-state index contributed by atoms with van der Waals surface area (Å²) in [6, 6.07) is 8.75. The number of piperidine rings is 1. The minimum absolute atomic E-state index is 0.0664. The molecule has 170 valence electrons. The minimum atomic E-state index is -4.90. The van der Waals surface area contributed by atoms with Crippen molar-refractivity contribution in [3.8, 4) is 23.1 Å². The molecule has 0 saturated carbocycles. The fraction of sp³-hybridized carbons (Fsp3) is 0.318. The summed E-state index contributed by atoms with van der Waals surface area (Å²) in [6.07, 6.45) is -0.899. The summed E-state index contributed by atoms with van der Waals surface area (Å²) in [6.45, 7) is -0.00561. The van der Waals surface area contributed by atoms with Gasteiger partial charge in [0.15, 0.2) is 0 Å². The lowest BCUT2D eigenvalue weighted by Crippen LogP contribution is -2.49. The summed E-state index contributed by atoms with van der Waals surface area (Å²) < 4.78 is 43.6. The zero-order valence-corrected chi connectivity index (χ0v) is 17.6.